The van der Waals surface area contributed by atoms with Gasteiger partial charge in [-0.1, -0.05) is 19.9 Å². The molecule has 0 saturated heterocycles. The highest BCUT2D eigenvalue weighted by molar-refractivity contribution is 5.24. The number of benzene rings is 1. The Bertz CT molecular complexity index is 348. The predicted octanol–water partition coefficient (Wildman–Crippen LogP) is 3.03. The Morgan fingerprint density at radius 2 is 1.76 bits per heavy atom. The van der Waals surface area contributed by atoms with Crippen LogP contribution in [0, 0.1) is 17.6 Å². The van der Waals surface area contributed by atoms with E-state index in [4.69, 9.17) is 10.5 Å². The fourth-order valence-electron chi connectivity index (χ4n) is 1.90. The molecule has 1 aromatic carbocycles. The Kier molecular flexibility index (Phi) is 5.02. The molecule has 96 valence electrons. The Labute approximate surface area is 101 Å². The van der Waals surface area contributed by atoms with Gasteiger partial charge in [0.15, 0.2) is 0 Å². The third kappa shape index (κ3) is 3.23. The molecule has 1 aromatic rings. The van der Waals surface area contributed by atoms with Gasteiger partial charge in [0, 0.05) is 12.2 Å². The molecule has 0 aliphatic carbocycles. The zero-order valence-corrected chi connectivity index (χ0v) is 10.4. The summed E-state index contributed by atoms with van der Waals surface area (Å²) >= 11 is 0. The molecule has 0 saturated carbocycles. The first kappa shape index (κ1) is 14.1. The maximum absolute atomic E-state index is 13.6. The zero-order valence-electron chi connectivity index (χ0n) is 10.4. The van der Waals surface area contributed by atoms with Crippen molar-refractivity contribution in [2.45, 2.75) is 32.9 Å². The molecule has 0 aromatic heterocycles. The maximum Gasteiger partial charge on any atom is 0.131 e. The van der Waals surface area contributed by atoms with Gasteiger partial charge in [-0.05, 0) is 25.0 Å². The van der Waals surface area contributed by atoms with Crippen LogP contribution in [-0.2, 0) is 4.74 Å². The Morgan fingerprint density at radius 1 is 1.24 bits per heavy atom. The summed E-state index contributed by atoms with van der Waals surface area (Å²) in [5.74, 6) is -1.16. The summed E-state index contributed by atoms with van der Waals surface area (Å²) in [4.78, 5) is 0. The van der Waals surface area contributed by atoms with Crippen molar-refractivity contribution in [3.05, 3.63) is 35.4 Å². The van der Waals surface area contributed by atoms with Crippen molar-refractivity contribution in [2.24, 2.45) is 11.7 Å². The van der Waals surface area contributed by atoms with Crippen LogP contribution in [0.2, 0.25) is 0 Å². The van der Waals surface area contributed by atoms with Gasteiger partial charge < -0.3 is 10.5 Å². The van der Waals surface area contributed by atoms with Crippen LogP contribution in [0.25, 0.3) is 0 Å². The monoisotopic (exact) mass is 243 g/mol. The van der Waals surface area contributed by atoms with Crippen molar-refractivity contribution in [1.82, 2.24) is 0 Å². The standard InChI is InChI=1S/C13H19F2NO/c1-4-17-13(8(2)3)12(16)11-9(14)6-5-7-10(11)15/h5-8,12-13H,4,16H2,1-3H3. The van der Waals surface area contributed by atoms with Crippen LogP contribution in [0.4, 0.5) is 8.78 Å². The molecule has 1 rings (SSSR count). The average Bonchev–Trinajstić information content (AvgIpc) is 2.24. The maximum atomic E-state index is 13.6. The lowest BCUT2D eigenvalue weighted by Gasteiger charge is -2.27. The van der Waals surface area contributed by atoms with E-state index in [0.717, 1.165) is 0 Å². The summed E-state index contributed by atoms with van der Waals surface area (Å²) in [5.41, 5.74) is 5.83. The molecule has 0 amide bonds. The van der Waals surface area contributed by atoms with Crippen LogP contribution in [0.15, 0.2) is 18.2 Å². The highest BCUT2D eigenvalue weighted by atomic mass is 19.1. The van der Waals surface area contributed by atoms with E-state index in [1.165, 1.54) is 18.2 Å². The van der Waals surface area contributed by atoms with E-state index in [2.05, 4.69) is 0 Å². The summed E-state index contributed by atoms with van der Waals surface area (Å²) < 4.78 is 32.6. The normalized spacial score (nSPS) is 15.0. The second-order valence-corrected chi connectivity index (χ2v) is 4.33. The number of rotatable bonds is 5. The number of hydrogen-bond acceptors (Lipinski definition) is 2. The SMILES string of the molecule is CCOC(C(C)C)C(N)c1c(F)cccc1F. The van der Waals surface area contributed by atoms with E-state index in [0.29, 0.717) is 6.61 Å². The van der Waals surface area contributed by atoms with Gasteiger partial charge in [0.2, 0.25) is 0 Å². The Balaban J connectivity index is 3.04. The molecule has 2 unspecified atom stereocenters. The van der Waals surface area contributed by atoms with Crippen LogP contribution >= 0.6 is 0 Å². The van der Waals surface area contributed by atoms with Crippen LogP contribution in [0.3, 0.4) is 0 Å². The first-order valence-corrected chi connectivity index (χ1v) is 5.80. The molecule has 0 aliphatic heterocycles. The van der Waals surface area contributed by atoms with E-state index < -0.39 is 23.8 Å². The van der Waals surface area contributed by atoms with Crippen LogP contribution in [-0.4, -0.2) is 12.7 Å². The number of halogens is 2. The minimum Gasteiger partial charge on any atom is -0.376 e. The summed E-state index contributed by atoms with van der Waals surface area (Å²) in [6.07, 6.45) is -0.397. The fraction of sp³-hybridized carbons (Fsp3) is 0.538. The summed E-state index contributed by atoms with van der Waals surface area (Å²) in [6, 6.07) is 2.95. The average molecular weight is 243 g/mol. The largest absolute Gasteiger partial charge is 0.376 e. The molecule has 17 heavy (non-hydrogen) atoms. The highest BCUT2D eigenvalue weighted by Crippen LogP contribution is 2.26. The smallest absolute Gasteiger partial charge is 0.131 e. The van der Waals surface area contributed by atoms with Crippen molar-refractivity contribution < 1.29 is 13.5 Å². The zero-order chi connectivity index (χ0) is 13.0. The second-order valence-electron chi connectivity index (χ2n) is 4.33. The van der Waals surface area contributed by atoms with Crippen molar-refractivity contribution >= 4 is 0 Å². The third-order valence-electron chi connectivity index (χ3n) is 2.70. The molecule has 0 aliphatic rings. The van der Waals surface area contributed by atoms with Gasteiger partial charge in [0.05, 0.1) is 12.1 Å². The fourth-order valence-corrected chi connectivity index (χ4v) is 1.90. The van der Waals surface area contributed by atoms with E-state index >= 15 is 0 Å². The summed E-state index contributed by atoms with van der Waals surface area (Å²) in [7, 11) is 0. The molecule has 2 N–H and O–H groups in total. The van der Waals surface area contributed by atoms with E-state index in [-0.39, 0.29) is 11.5 Å². The van der Waals surface area contributed by atoms with Gasteiger partial charge in [0.25, 0.3) is 0 Å². The minimum atomic E-state index is -0.795. The first-order valence-electron chi connectivity index (χ1n) is 5.80. The Morgan fingerprint density at radius 3 is 2.18 bits per heavy atom. The second kappa shape index (κ2) is 6.07. The molecule has 0 bridgehead atoms. The van der Waals surface area contributed by atoms with Gasteiger partial charge in [-0.15, -0.1) is 0 Å². The van der Waals surface area contributed by atoms with E-state index in [1.807, 2.05) is 20.8 Å². The van der Waals surface area contributed by atoms with Crippen LogP contribution in [0.1, 0.15) is 32.4 Å². The summed E-state index contributed by atoms with van der Waals surface area (Å²) in [6.45, 7) is 6.13. The van der Waals surface area contributed by atoms with Gasteiger partial charge in [0.1, 0.15) is 11.6 Å². The molecule has 0 fully saturated rings. The van der Waals surface area contributed by atoms with Crippen molar-refractivity contribution in [2.75, 3.05) is 6.61 Å². The number of nitrogens with two attached hydrogens (primary N) is 1. The lowest BCUT2D eigenvalue weighted by Crippen LogP contribution is -2.34. The molecule has 2 atom stereocenters. The molecule has 0 spiro atoms. The molecule has 2 nitrogen and oxygen atoms in total. The van der Waals surface area contributed by atoms with E-state index in [9.17, 15) is 8.78 Å². The van der Waals surface area contributed by atoms with E-state index in [1.54, 1.807) is 0 Å². The first-order chi connectivity index (χ1) is 7.99. The van der Waals surface area contributed by atoms with Gasteiger partial charge in [-0.25, -0.2) is 8.78 Å². The molecule has 0 radical (unpaired) electrons. The molecule has 0 heterocycles. The number of ether oxygens (including phenoxy) is 1. The Hall–Kier alpha value is -1.00. The minimum absolute atomic E-state index is 0.0870. The van der Waals surface area contributed by atoms with Crippen molar-refractivity contribution in [1.29, 1.82) is 0 Å². The summed E-state index contributed by atoms with van der Waals surface area (Å²) in [5, 5.41) is 0. The molecular formula is C13H19F2NO. The van der Waals surface area contributed by atoms with Gasteiger partial charge in [-0.2, -0.15) is 0 Å². The van der Waals surface area contributed by atoms with Crippen LogP contribution < -0.4 is 5.73 Å². The van der Waals surface area contributed by atoms with Crippen molar-refractivity contribution in [3.8, 4) is 0 Å². The predicted molar refractivity (Wildman–Crippen MR) is 63.5 cm³/mol. The van der Waals surface area contributed by atoms with Crippen LogP contribution in [0.5, 0.6) is 0 Å². The lowest BCUT2D eigenvalue weighted by molar-refractivity contribution is 0.0106. The van der Waals surface area contributed by atoms with Crippen molar-refractivity contribution in [3.63, 3.8) is 0 Å². The number of hydrogen-bond donors (Lipinski definition) is 1. The van der Waals surface area contributed by atoms with Gasteiger partial charge >= 0.3 is 0 Å². The topological polar surface area (TPSA) is 35.2 Å². The molecular weight excluding hydrogens is 224 g/mol. The lowest BCUT2D eigenvalue weighted by atomic mass is 9.93. The van der Waals surface area contributed by atoms with Gasteiger partial charge in [-0.3, -0.25) is 0 Å². The highest BCUT2D eigenvalue weighted by Gasteiger charge is 2.27. The molecule has 4 heteroatoms. The third-order valence-corrected chi connectivity index (χ3v) is 2.70. The quantitative estimate of drug-likeness (QED) is 0.862.